The second-order valence-corrected chi connectivity index (χ2v) is 12.0. The van der Waals surface area contributed by atoms with Crippen LogP contribution in [-0.2, 0) is 11.2 Å². The summed E-state index contributed by atoms with van der Waals surface area (Å²) >= 11 is 0. The van der Waals surface area contributed by atoms with Gasteiger partial charge in [0, 0.05) is 67.4 Å². The molecule has 43 heavy (non-hydrogen) atoms. The molecule has 1 aliphatic carbocycles. The van der Waals surface area contributed by atoms with Gasteiger partial charge in [0.05, 0.1) is 18.0 Å². The van der Waals surface area contributed by atoms with Gasteiger partial charge in [0.15, 0.2) is 0 Å². The molecule has 1 saturated carbocycles. The quantitative estimate of drug-likeness (QED) is 0.349. The number of fused-ring (bicyclic) bond motifs is 1. The Morgan fingerprint density at radius 3 is 2.81 bits per heavy atom. The molecular formula is C35H41N5O3. The van der Waals surface area contributed by atoms with Gasteiger partial charge in [-0.15, -0.1) is 0 Å². The smallest absolute Gasteiger partial charge is 0.270 e. The molecule has 1 unspecified atom stereocenters. The number of benzene rings is 1. The second-order valence-electron chi connectivity index (χ2n) is 12.0. The third-order valence-corrected chi connectivity index (χ3v) is 8.82. The fraction of sp³-hybridized carbons (Fsp3) is 0.429. The largest absolute Gasteiger partial charge is 0.493 e. The van der Waals surface area contributed by atoms with E-state index in [0.717, 1.165) is 105 Å². The van der Waals surface area contributed by atoms with E-state index in [1.54, 1.807) is 6.20 Å². The summed E-state index contributed by atoms with van der Waals surface area (Å²) in [5.41, 5.74) is 5.49. The zero-order valence-electron chi connectivity index (χ0n) is 25.1. The molecule has 2 aliphatic heterocycles. The number of likely N-dealkylation sites (N-methyl/N-ethyl adjacent to an activating group) is 1. The number of Topliss-reactive ketones (excluding diaryl/α,β-unsaturated/α-hetero) is 1. The van der Waals surface area contributed by atoms with E-state index in [9.17, 15) is 9.59 Å². The minimum atomic E-state index is 0.0752. The Bertz CT molecular complexity index is 1560. The van der Waals surface area contributed by atoms with Crippen LogP contribution < -0.4 is 4.74 Å². The van der Waals surface area contributed by atoms with Crippen LogP contribution >= 0.6 is 0 Å². The van der Waals surface area contributed by atoms with Gasteiger partial charge < -0.3 is 19.5 Å². The van der Waals surface area contributed by atoms with Crippen molar-refractivity contribution in [1.29, 1.82) is 0 Å². The number of nitrogens with zero attached hydrogens (tertiary/aromatic N) is 4. The average Bonchev–Trinajstić information content (AvgIpc) is 3.31. The third-order valence-electron chi connectivity index (χ3n) is 8.82. The molecule has 1 N–H and O–H groups in total. The molecule has 8 nitrogen and oxygen atoms in total. The number of rotatable bonds is 9. The summed E-state index contributed by atoms with van der Waals surface area (Å²) in [6.45, 7) is 3.87. The van der Waals surface area contributed by atoms with E-state index in [-0.39, 0.29) is 11.8 Å². The van der Waals surface area contributed by atoms with E-state index in [0.29, 0.717) is 24.5 Å². The van der Waals surface area contributed by atoms with Crippen LogP contribution in [0.4, 0.5) is 0 Å². The van der Waals surface area contributed by atoms with Crippen molar-refractivity contribution in [1.82, 2.24) is 19.8 Å². The Kier molecular flexibility index (Phi) is 9.13. The number of amides is 1. The number of H-pyrrole nitrogens is 1. The van der Waals surface area contributed by atoms with E-state index in [4.69, 9.17) is 9.73 Å². The highest BCUT2D eigenvalue weighted by Crippen LogP contribution is 2.25. The van der Waals surface area contributed by atoms with Crippen molar-refractivity contribution in [2.75, 3.05) is 39.8 Å². The number of piperazine rings is 1. The fourth-order valence-corrected chi connectivity index (χ4v) is 6.15. The van der Waals surface area contributed by atoms with Crippen LogP contribution in [0.25, 0.3) is 10.9 Å². The first kappa shape index (κ1) is 29.1. The van der Waals surface area contributed by atoms with Gasteiger partial charge >= 0.3 is 0 Å². The van der Waals surface area contributed by atoms with Gasteiger partial charge in [0.25, 0.3) is 5.91 Å². The van der Waals surface area contributed by atoms with E-state index >= 15 is 0 Å². The fourth-order valence-electron chi connectivity index (χ4n) is 6.15. The summed E-state index contributed by atoms with van der Waals surface area (Å²) in [7, 11) is 2.09. The zero-order valence-corrected chi connectivity index (χ0v) is 25.1. The van der Waals surface area contributed by atoms with Crippen LogP contribution in [0.5, 0.6) is 5.75 Å². The Labute approximate surface area is 253 Å². The lowest BCUT2D eigenvalue weighted by Gasteiger charge is -2.32. The Morgan fingerprint density at radius 1 is 1.07 bits per heavy atom. The number of hydrogen-bond acceptors (Lipinski definition) is 6. The van der Waals surface area contributed by atoms with Crippen LogP contribution in [0.3, 0.4) is 0 Å². The van der Waals surface area contributed by atoms with Crippen molar-refractivity contribution in [3.8, 4) is 5.75 Å². The van der Waals surface area contributed by atoms with Crippen molar-refractivity contribution >= 4 is 28.3 Å². The molecular weight excluding hydrogens is 538 g/mol. The minimum absolute atomic E-state index is 0.0752. The van der Waals surface area contributed by atoms with Gasteiger partial charge in [-0.1, -0.05) is 24.6 Å². The highest BCUT2D eigenvalue weighted by atomic mass is 16.5. The molecule has 0 radical (unpaired) electrons. The van der Waals surface area contributed by atoms with Crippen molar-refractivity contribution in [3.63, 3.8) is 0 Å². The van der Waals surface area contributed by atoms with Crippen molar-refractivity contribution in [3.05, 3.63) is 83.5 Å². The number of carbonyl (C=O) groups excluding carboxylic acids is 2. The molecule has 3 aromatic rings. The standard InChI is InChI=1S/C35H41N5O3/c1-39-17-19-40(20-18-39)35(42)33-23-27-22-25(11-13-30(27)38-33)10-12-28-7-3-4-8-31(37-28)32-24-29(14-16-36-32)43-21-15-26-6-2-5-9-34(26)41/h4,7-8,11,13-14,16,22-24,26,38H,2-3,5-6,9-10,12,15,17-21H2,1H3. The summed E-state index contributed by atoms with van der Waals surface area (Å²) in [6.07, 6.45) is 15.2. The van der Waals surface area contributed by atoms with E-state index in [1.165, 1.54) is 5.56 Å². The van der Waals surface area contributed by atoms with Gasteiger partial charge in [0.1, 0.15) is 17.2 Å². The number of pyridine rings is 1. The maximum Gasteiger partial charge on any atom is 0.270 e. The molecule has 4 heterocycles. The van der Waals surface area contributed by atoms with E-state index in [2.05, 4.69) is 52.3 Å². The van der Waals surface area contributed by atoms with Crippen molar-refractivity contribution < 1.29 is 14.3 Å². The lowest BCUT2D eigenvalue weighted by molar-refractivity contribution is -0.125. The topological polar surface area (TPSA) is 90.9 Å². The van der Waals surface area contributed by atoms with Gasteiger partial charge in [0.2, 0.25) is 0 Å². The van der Waals surface area contributed by atoms with Crippen LogP contribution in [-0.4, -0.2) is 77.0 Å². The normalized spacial score (nSPS) is 19.7. The molecule has 1 amide bonds. The monoisotopic (exact) mass is 579 g/mol. The Balaban J connectivity index is 1.07. The van der Waals surface area contributed by atoms with Crippen LogP contribution in [0, 0.1) is 5.92 Å². The number of nitrogens with one attached hydrogen (secondary N) is 1. The number of aryl methyl sites for hydroxylation is 1. The molecule has 1 saturated heterocycles. The number of aromatic amines is 1. The number of allylic oxidation sites excluding steroid dienone is 4. The third kappa shape index (κ3) is 7.31. The van der Waals surface area contributed by atoms with Gasteiger partial charge in [-0.25, -0.2) is 0 Å². The second kappa shape index (κ2) is 13.5. The van der Waals surface area contributed by atoms with Gasteiger partial charge in [-0.05, 0) is 81.5 Å². The number of carbonyl (C=O) groups is 2. The molecule has 1 atom stereocenters. The number of aliphatic imine (C=N–C) groups is 1. The van der Waals surface area contributed by atoms with E-state index < -0.39 is 0 Å². The lowest BCUT2D eigenvalue weighted by Crippen LogP contribution is -2.47. The summed E-state index contributed by atoms with van der Waals surface area (Å²) < 4.78 is 6.03. The highest BCUT2D eigenvalue weighted by molar-refractivity contribution is 6.08. The molecule has 2 fully saturated rings. The van der Waals surface area contributed by atoms with Crippen LogP contribution in [0.1, 0.15) is 66.7 Å². The molecule has 6 rings (SSSR count). The predicted molar refractivity (Wildman–Crippen MR) is 170 cm³/mol. The van der Waals surface area contributed by atoms with Gasteiger partial charge in [-0.3, -0.25) is 19.6 Å². The Hall–Kier alpha value is -4.04. The summed E-state index contributed by atoms with van der Waals surface area (Å²) in [5, 5.41) is 1.06. The summed E-state index contributed by atoms with van der Waals surface area (Å²) in [4.78, 5) is 42.3. The summed E-state index contributed by atoms with van der Waals surface area (Å²) in [5.74, 6) is 1.36. The first-order chi connectivity index (χ1) is 21.0. The molecule has 0 bridgehead atoms. The molecule has 8 heteroatoms. The minimum Gasteiger partial charge on any atom is -0.493 e. The summed E-state index contributed by atoms with van der Waals surface area (Å²) in [6, 6.07) is 12.2. The molecule has 224 valence electrons. The SMILES string of the molecule is CN1CCN(C(=O)c2cc3cc(CCC4=CCC=CC(c5cc(OCCC6CCCCC6=O)ccn5)=N4)ccc3[nH]2)CC1. The lowest BCUT2D eigenvalue weighted by atomic mass is 9.86. The number of ether oxygens (including phenoxy) is 1. The first-order valence-corrected chi connectivity index (χ1v) is 15.7. The number of ketones is 1. The number of aromatic nitrogens is 2. The van der Waals surface area contributed by atoms with Gasteiger partial charge in [-0.2, -0.15) is 0 Å². The molecule has 1 aromatic carbocycles. The molecule has 3 aliphatic rings. The molecule has 2 aromatic heterocycles. The first-order valence-electron chi connectivity index (χ1n) is 15.7. The van der Waals surface area contributed by atoms with Crippen LogP contribution in [0.15, 0.2) is 71.5 Å². The highest BCUT2D eigenvalue weighted by Gasteiger charge is 2.23. The number of hydrogen-bond donors (Lipinski definition) is 1. The maximum atomic E-state index is 13.0. The van der Waals surface area contributed by atoms with Crippen molar-refractivity contribution in [2.24, 2.45) is 10.9 Å². The van der Waals surface area contributed by atoms with Crippen molar-refractivity contribution in [2.45, 2.75) is 51.4 Å². The Morgan fingerprint density at radius 2 is 1.95 bits per heavy atom. The zero-order chi connectivity index (χ0) is 29.6. The predicted octanol–water partition coefficient (Wildman–Crippen LogP) is 5.74. The molecule has 0 spiro atoms. The van der Waals surface area contributed by atoms with E-state index in [1.807, 2.05) is 29.2 Å². The maximum absolute atomic E-state index is 13.0. The van der Waals surface area contributed by atoms with Crippen LogP contribution in [0.2, 0.25) is 0 Å². The average molecular weight is 580 g/mol.